The first-order valence-corrected chi connectivity index (χ1v) is 10.3. The van der Waals surface area contributed by atoms with Crippen LogP contribution in [0, 0.1) is 12.7 Å². The Bertz CT molecular complexity index is 1290. The third kappa shape index (κ3) is 4.59. The molecule has 0 aliphatic rings. The Morgan fingerprint density at radius 3 is 2.65 bits per heavy atom. The fourth-order valence-corrected chi connectivity index (χ4v) is 3.92. The number of thiazole rings is 1. The second kappa shape index (κ2) is 8.61. The Balaban J connectivity index is 1.56. The van der Waals surface area contributed by atoms with Gasteiger partial charge in [-0.25, -0.2) is 9.37 Å². The minimum Gasteiger partial charge on any atom is -0.456 e. The van der Waals surface area contributed by atoms with Crippen molar-refractivity contribution in [1.29, 1.82) is 0 Å². The van der Waals surface area contributed by atoms with Crippen LogP contribution in [0.25, 0.3) is 10.9 Å². The third-order valence-corrected chi connectivity index (χ3v) is 5.56. The quantitative estimate of drug-likeness (QED) is 0.465. The van der Waals surface area contributed by atoms with Crippen LogP contribution in [0.15, 0.2) is 54.2 Å². The highest BCUT2D eigenvalue weighted by atomic mass is 32.1. The number of nitrogens with two attached hydrogens (primary N) is 1. The molecule has 0 spiro atoms. The van der Waals surface area contributed by atoms with Gasteiger partial charge < -0.3 is 10.5 Å². The number of hydrogen-bond donors (Lipinski definition) is 1. The molecule has 156 valence electrons. The number of carbonyl (C=O) groups excluding carboxylic acids is 2. The molecule has 0 radical (unpaired) electrons. The molecule has 0 aliphatic carbocycles. The zero-order chi connectivity index (χ0) is 22.0. The third-order valence-electron chi connectivity index (χ3n) is 4.78. The van der Waals surface area contributed by atoms with Gasteiger partial charge in [0.1, 0.15) is 23.1 Å². The molecule has 0 saturated heterocycles. The molecule has 6 nitrogen and oxygen atoms in total. The number of halogens is 1. The molecule has 2 aromatic carbocycles. The van der Waals surface area contributed by atoms with Crippen LogP contribution in [-0.4, -0.2) is 21.7 Å². The molecule has 31 heavy (non-hydrogen) atoms. The topological polar surface area (TPSA) is 95.2 Å². The molecule has 0 aliphatic heterocycles. The maximum atomic E-state index is 14.6. The maximum Gasteiger partial charge on any atom is 0.248 e. The Morgan fingerprint density at radius 1 is 1.10 bits per heavy atom. The standard InChI is InChI=1S/C23H18FN3O3S/c1-13-8-20-18(12-17(13)23(25)29)21(4-5-26-20)30-16-3-2-14(19(24)11-16)9-15(28)10-22-27-6-7-31-22/h2-8,11-12H,9-10H2,1H3,(H2,25,29). The Kier molecular flexibility index (Phi) is 5.73. The van der Waals surface area contributed by atoms with Gasteiger partial charge in [-0.15, -0.1) is 11.3 Å². The van der Waals surface area contributed by atoms with Gasteiger partial charge in [-0.2, -0.15) is 0 Å². The Labute approximate surface area is 181 Å². The van der Waals surface area contributed by atoms with Gasteiger partial charge in [-0.05, 0) is 42.3 Å². The molecule has 4 rings (SSSR count). The summed E-state index contributed by atoms with van der Waals surface area (Å²) in [7, 11) is 0. The highest BCUT2D eigenvalue weighted by Gasteiger charge is 2.14. The van der Waals surface area contributed by atoms with Crippen LogP contribution in [-0.2, 0) is 17.6 Å². The van der Waals surface area contributed by atoms with Crippen LogP contribution in [0.4, 0.5) is 4.39 Å². The van der Waals surface area contributed by atoms with Crippen LogP contribution in [0.1, 0.15) is 26.5 Å². The number of fused-ring (bicyclic) bond motifs is 1. The number of benzene rings is 2. The molecule has 2 heterocycles. The first-order chi connectivity index (χ1) is 14.9. The summed E-state index contributed by atoms with van der Waals surface area (Å²) in [5, 5.41) is 3.09. The van der Waals surface area contributed by atoms with E-state index in [1.54, 1.807) is 49.0 Å². The summed E-state index contributed by atoms with van der Waals surface area (Å²) in [6, 6.07) is 9.38. The smallest absolute Gasteiger partial charge is 0.248 e. The molecular weight excluding hydrogens is 417 g/mol. The van der Waals surface area contributed by atoms with Crippen molar-refractivity contribution in [2.24, 2.45) is 5.73 Å². The van der Waals surface area contributed by atoms with E-state index in [1.165, 1.54) is 23.5 Å². The molecular formula is C23H18FN3O3S. The summed E-state index contributed by atoms with van der Waals surface area (Å²) in [6.45, 7) is 1.78. The average molecular weight is 435 g/mol. The highest BCUT2D eigenvalue weighted by Crippen LogP contribution is 2.31. The predicted molar refractivity (Wildman–Crippen MR) is 116 cm³/mol. The molecule has 0 unspecified atom stereocenters. The van der Waals surface area contributed by atoms with E-state index in [4.69, 9.17) is 10.5 Å². The number of ketones is 1. The number of pyridine rings is 1. The number of nitrogens with zero attached hydrogens (tertiary/aromatic N) is 2. The van der Waals surface area contributed by atoms with Crippen molar-refractivity contribution in [1.82, 2.24) is 9.97 Å². The number of hydrogen-bond acceptors (Lipinski definition) is 6. The van der Waals surface area contributed by atoms with Gasteiger partial charge in [0.15, 0.2) is 0 Å². The van der Waals surface area contributed by atoms with Crippen molar-refractivity contribution in [3.8, 4) is 11.5 Å². The van der Waals surface area contributed by atoms with E-state index < -0.39 is 11.7 Å². The Morgan fingerprint density at radius 2 is 1.94 bits per heavy atom. The minimum atomic E-state index is -0.549. The van der Waals surface area contributed by atoms with E-state index in [9.17, 15) is 14.0 Å². The molecule has 0 atom stereocenters. The number of amides is 1. The number of aryl methyl sites for hydroxylation is 1. The van der Waals surface area contributed by atoms with Crippen molar-refractivity contribution in [2.45, 2.75) is 19.8 Å². The van der Waals surface area contributed by atoms with E-state index in [-0.39, 0.29) is 24.4 Å². The summed E-state index contributed by atoms with van der Waals surface area (Å²) >= 11 is 1.39. The van der Waals surface area contributed by atoms with Crippen LogP contribution in [0.3, 0.4) is 0 Å². The van der Waals surface area contributed by atoms with E-state index in [0.717, 1.165) is 0 Å². The molecule has 0 saturated carbocycles. The van der Waals surface area contributed by atoms with Gasteiger partial charge in [-0.3, -0.25) is 14.6 Å². The molecule has 0 bridgehead atoms. The number of ether oxygens (including phenoxy) is 1. The molecule has 8 heteroatoms. The van der Waals surface area contributed by atoms with Crippen LogP contribution >= 0.6 is 11.3 Å². The number of aromatic nitrogens is 2. The zero-order valence-electron chi connectivity index (χ0n) is 16.6. The molecule has 2 N–H and O–H groups in total. The Hall–Kier alpha value is -3.65. The summed E-state index contributed by atoms with van der Waals surface area (Å²) in [6.07, 6.45) is 3.37. The number of Topliss-reactive ketones (excluding diaryl/α,β-unsaturated/α-hetero) is 1. The lowest BCUT2D eigenvalue weighted by Crippen LogP contribution is -2.12. The van der Waals surface area contributed by atoms with Crippen LogP contribution < -0.4 is 10.5 Å². The summed E-state index contributed by atoms with van der Waals surface area (Å²) in [5.74, 6) is -0.511. The lowest BCUT2D eigenvalue weighted by Gasteiger charge is -2.12. The van der Waals surface area contributed by atoms with Crippen molar-refractivity contribution >= 4 is 33.9 Å². The van der Waals surface area contributed by atoms with Crippen molar-refractivity contribution in [2.75, 3.05) is 0 Å². The second-order valence-corrected chi connectivity index (χ2v) is 8.01. The summed E-state index contributed by atoms with van der Waals surface area (Å²) < 4.78 is 20.5. The maximum absolute atomic E-state index is 14.6. The van der Waals surface area contributed by atoms with Gasteiger partial charge in [0.2, 0.25) is 5.91 Å². The van der Waals surface area contributed by atoms with Gasteiger partial charge >= 0.3 is 0 Å². The van der Waals surface area contributed by atoms with Gasteiger partial charge in [0, 0.05) is 41.2 Å². The highest BCUT2D eigenvalue weighted by molar-refractivity contribution is 7.09. The van der Waals surface area contributed by atoms with Gasteiger partial charge in [0.25, 0.3) is 0 Å². The van der Waals surface area contributed by atoms with Gasteiger partial charge in [-0.1, -0.05) is 6.07 Å². The van der Waals surface area contributed by atoms with E-state index in [0.29, 0.717) is 38.4 Å². The lowest BCUT2D eigenvalue weighted by atomic mass is 10.0. The largest absolute Gasteiger partial charge is 0.456 e. The average Bonchev–Trinajstić information content (AvgIpc) is 3.22. The first-order valence-electron chi connectivity index (χ1n) is 9.46. The SMILES string of the molecule is Cc1cc2nccc(Oc3ccc(CC(=O)Cc4nccs4)c(F)c3)c2cc1C(N)=O. The number of carbonyl (C=O) groups is 2. The number of primary amides is 1. The molecule has 4 aromatic rings. The van der Waals surface area contributed by atoms with E-state index >= 15 is 0 Å². The van der Waals surface area contributed by atoms with Crippen LogP contribution in [0.5, 0.6) is 11.5 Å². The summed E-state index contributed by atoms with van der Waals surface area (Å²) in [4.78, 5) is 32.2. The fraction of sp³-hybridized carbons (Fsp3) is 0.130. The van der Waals surface area contributed by atoms with Crippen molar-refractivity contribution < 1.29 is 18.7 Å². The molecule has 1 amide bonds. The number of rotatable bonds is 7. The molecule has 0 fully saturated rings. The monoisotopic (exact) mass is 435 g/mol. The predicted octanol–water partition coefficient (Wildman–Crippen LogP) is 4.38. The van der Waals surface area contributed by atoms with Gasteiger partial charge in [0.05, 0.1) is 16.9 Å². The lowest BCUT2D eigenvalue weighted by molar-refractivity contribution is -0.117. The fourth-order valence-electron chi connectivity index (χ4n) is 3.27. The normalized spacial score (nSPS) is 10.9. The second-order valence-electron chi connectivity index (χ2n) is 7.03. The summed E-state index contributed by atoms with van der Waals surface area (Å²) in [5.41, 5.74) is 7.44. The van der Waals surface area contributed by atoms with Crippen LogP contribution in [0.2, 0.25) is 0 Å². The minimum absolute atomic E-state index is 0.0227. The van der Waals surface area contributed by atoms with E-state index in [2.05, 4.69) is 9.97 Å². The first kappa shape index (κ1) is 20.6. The van der Waals surface area contributed by atoms with E-state index in [1.807, 2.05) is 0 Å². The van der Waals surface area contributed by atoms with Crippen molar-refractivity contribution in [3.63, 3.8) is 0 Å². The van der Waals surface area contributed by atoms with Crippen molar-refractivity contribution in [3.05, 3.63) is 81.7 Å². The zero-order valence-corrected chi connectivity index (χ0v) is 17.4. The molecule has 2 aromatic heterocycles.